The Morgan fingerprint density at radius 3 is 2.71 bits per heavy atom. The summed E-state index contributed by atoms with van der Waals surface area (Å²) in [6, 6.07) is 2.27. The van der Waals surface area contributed by atoms with Crippen molar-refractivity contribution in [2.24, 2.45) is 11.1 Å². The van der Waals surface area contributed by atoms with Crippen molar-refractivity contribution in [3.63, 3.8) is 0 Å². The Hall–Kier alpha value is -1.36. The standard InChI is InChI=1S/C12H21N5/c1-12(2,3)7-14-10-4-11(16-8-15-10)17-5-9(13)6-17/h4,8-9H,5-7,13H2,1-3H3,(H,14,15,16). The maximum atomic E-state index is 5.76. The van der Waals surface area contributed by atoms with Crippen molar-refractivity contribution in [3.05, 3.63) is 12.4 Å². The van der Waals surface area contributed by atoms with Crippen molar-refractivity contribution in [3.8, 4) is 0 Å². The molecule has 1 aliphatic rings. The van der Waals surface area contributed by atoms with E-state index in [0.29, 0.717) is 0 Å². The molecule has 1 aromatic heterocycles. The first-order chi connectivity index (χ1) is 7.94. The van der Waals surface area contributed by atoms with Gasteiger partial charge in [-0.15, -0.1) is 0 Å². The second-order valence-corrected chi connectivity index (χ2v) is 5.84. The summed E-state index contributed by atoms with van der Waals surface area (Å²) in [6.45, 7) is 9.23. The Bertz CT molecular complexity index is 379. The van der Waals surface area contributed by atoms with Gasteiger partial charge in [-0.1, -0.05) is 20.8 Å². The molecule has 17 heavy (non-hydrogen) atoms. The summed E-state index contributed by atoms with van der Waals surface area (Å²) in [6.07, 6.45) is 1.60. The quantitative estimate of drug-likeness (QED) is 0.820. The van der Waals surface area contributed by atoms with Crippen LogP contribution in [0.25, 0.3) is 0 Å². The van der Waals surface area contributed by atoms with Crippen molar-refractivity contribution in [1.82, 2.24) is 9.97 Å². The summed E-state index contributed by atoms with van der Waals surface area (Å²) < 4.78 is 0. The van der Waals surface area contributed by atoms with Crippen LogP contribution in [0.2, 0.25) is 0 Å². The van der Waals surface area contributed by atoms with Crippen LogP contribution in [0.1, 0.15) is 20.8 Å². The van der Waals surface area contributed by atoms with Crippen molar-refractivity contribution in [1.29, 1.82) is 0 Å². The fourth-order valence-corrected chi connectivity index (χ4v) is 1.67. The topological polar surface area (TPSA) is 67.1 Å². The zero-order valence-electron chi connectivity index (χ0n) is 10.8. The van der Waals surface area contributed by atoms with Gasteiger partial charge in [-0.05, 0) is 5.41 Å². The number of anilines is 2. The van der Waals surface area contributed by atoms with Gasteiger partial charge in [-0.25, -0.2) is 9.97 Å². The van der Waals surface area contributed by atoms with Crippen LogP contribution in [-0.2, 0) is 0 Å². The van der Waals surface area contributed by atoms with Crippen LogP contribution in [0.5, 0.6) is 0 Å². The third kappa shape index (κ3) is 3.30. The number of hydrogen-bond acceptors (Lipinski definition) is 5. The van der Waals surface area contributed by atoms with E-state index in [-0.39, 0.29) is 11.5 Å². The largest absolute Gasteiger partial charge is 0.369 e. The van der Waals surface area contributed by atoms with Crippen LogP contribution in [-0.4, -0.2) is 35.6 Å². The Morgan fingerprint density at radius 2 is 2.12 bits per heavy atom. The Balaban J connectivity index is 1.97. The number of nitrogens with one attached hydrogen (secondary N) is 1. The van der Waals surface area contributed by atoms with E-state index in [1.54, 1.807) is 6.33 Å². The van der Waals surface area contributed by atoms with E-state index >= 15 is 0 Å². The maximum absolute atomic E-state index is 5.76. The van der Waals surface area contributed by atoms with Gasteiger partial charge >= 0.3 is 0 Å². The molecule has 5 nitrogen and oxygen atoms in total. The minimum Gasteiger partial charge on any atom is -0.369 e. The van der Waals surface area contributed by atoms with Gasteiger partial charge < -0.3 is 16.0 Å². The highest BCUT2D eigenvalue weighted by atomic mass is 15.3. The summed E-state index contributed by atoms with van der Waals surface area (Å²) in [7, 11) is 0. The van der Waals surface area contributed by atoms with Crippen LogP contribution in [0.15, 0.2) is 12.4 Å². The molecule has 0 bridgehead atoms. The van der Waals surface area contributed by atoms with Crippen LogP contribution in [0.4, 0.5) is 11.6 Å². The Morgan fingerprint density at radius 1 is 1.41 bits per heavy atom. The third-order valence-electron chi connectivity index (χ3n) is 2.69. The first-order valence-corrected chi connectivity index (χ1v) is 6.00. The Kier molecular flexibility index (Phi) is 3.19. The predicted octanol–water partition coefficient (Wildman–Crippen LogP) is 1.08. The maximum Gasteiger partial charge on any atom is 0.134 e. The molecule has 0 aromatic carbocycles. The monoisotopic (exact) mass is 235 g/mol. The summed E-state index contributed by atoms with van der Waals surface area (Å²) >= 11 is 0. The zero-order valence-corrected chi connectivity index (χ0v) is 10.8. The van der Waals surface area contributed by atoms with Crippen molar-refractivity contribution in [2.45, 2.75) is 26.8 Å². The van der Waals surface area contributed by atoms with Crippen molar-refractivity contribution in [2.75, 3.05) is 29.9 Å². The molecule has 5 heteroatoms. The smallest absolute Gasteiger partial charge is 0.134 e. The lowest BCUT2D eigenvalue weighted by Crippen LogP contribution is -2.56. The van der Waals surface area contributed by atoms with E-state index in [0.717, 1.165) is 31.3 Å². The minimum absolute atomic E-state index is 0.240. The molecule has 0 saturated carbocycles. The molecule has 0 atom stereocenters. The predicted molar refractivity (Wildman–Crippen MR) is 70.2 cm³/mol. The highest BCUT2D eigenvalue weighted by Gasteiger charge is 2.24. The lowest BCUT2D eigenvalue weighted by Gasteiger charge is -2.37. The molecule has 0 spiro atoms. The highest BCUT2D eigenvalue weighted by Crippen LogP contribution is 2.20. The minimum atomic E-state index is 0.240. The van der Waals surface area contributed by atoms with Crippen LogP contribution < -0.4 is 16.0 Å². The first kappa shape index (κ1) is 12.1. The van der Waals surface area contributed by atoms with Crippen LogP contribution in [0.3, 0.4) is 0 Å². The Labute approximate surface area is 102 Å². The molecule has 3 N–H and O–H groups in total. The van der Waals surface area contributed by atoms with E-state index < -0.39 is 0 Å². The van der Waals surface area contributed by atoms with Gasteiger partial charge in [0.1, 0.15) is 18.0 Å². The van der Waals surface area contributed by atoms with E-state index in [9.17, 15) is 0 Å². The molecule has 0 amide bonds. The molecule has 2 rings (SSSR count). The number of hydrogen-bond donors (Lipinski definition) is 2. The van der Waals surface area contributed by atoms with E-state index in [4.69, 9.17) is 5.73 Å². The second-order valence-electron chi connectivity index (χ2n) is 5.84. The molecular weight excluding hydrogens is 214 g/mol. The van der Waals surface area contributed by atoms with Gasteiger partial charge in [0.25, 0.3) is 0 Å². The second kappa shape index (κ2) is 4.49. The van der Waals surface area contributed by atoms with E-state index in [1.165, 1.54) is 0 Å². The van der Waals surface area contributed by atoms with Gasteiger partial charge in [-0.3, -0.25) is 0 Å². The molecule has 0 unspecified atom stereocenters. The first-order valence-electron chi connectivity index (χ1n) is 6.00. The van der Waals surface area contributed by atoms with Gasteiger partial charge in [0.2, 0.25) is 0 Å². The fraction of sp³-hybridized carbons (Fsp3) is 0.667. The summed E-state index contributed by atoms with van der Waals surface area (Å²) in [5.74, 6) is 1.84. The summed E-state index contributed by atoms with van der Waals surface area (Å²) in [4.78, 5) is 10.6. The SMILES string of the molecule is CC(C)(C)CNc1cc(N2CC(N)C2)ncn1. The van der Waals surface area contributed by atoms with E-state index in [1.807, 2.05) is 6.07 Å². The number of nitrogens with zero attached hydrogens (tertiary/aromatic N) is 3. The number of aromatic nitrogens is 2. The van der Waals surface area contributed by atoms with Gasteiger partial charge in [-0.2, -0.15) is 0 Å². The molecule has 1 aromatic rings. The lowest BCUT2D eigenvalue weighted by atomic mass is 9.97. The molecule has 1 aliphatic heterocycles. The number of nitrogens with two attached hydrogens (primary N) is 1. The summed E-state index contributed by atoms with van der Waals surface area (Å²) in [5.41, 5.74) is 6.00. The van der Waals surface area contributed by atoms with Crippen molar-refractivity contribution < 1.29 is 0 Å². The van der Waals surface area contributed by atoms with Gasteiger partial charge in [0.05, 0.1) is 0 Å². The fourth-order valence-electron chi connectivity index (χ4n) is 1.67. The third-order valence-corrected chi connectivity index (χ3v) is 2.69. The number of rotatable bonds is 3. The highest BCUT2D eigenvalue weighted by molar-refractivity contribution is 5.50. The molecule has 0 radical (unpaired) electrons. The normalized spacial score (nSPS) is 16.8. The molecule has 2 heterocycles. The van der Waals surface area contributed by atoms with Crippen LogP contribution >= 0.6 is 0 Å². The van der Waals surface area contributed by atoms with Crippen molar-refractivity contribution >= 4 is 11.6 Å². The molecule has 94 valence electrons. The molecule has 1 saturated heterocycles. The van der Waals surface area contributed by atoms with Crippen LogP contribution in [0, 0.1) is 5.41 Å². The lowest BCUT2D eigenvalue weighted by molar-refractivity contribution is 0.442. The van der Waals surface area contributed by atoms with Gasteiger partial charge in [0, 0.05) is 31.7 Å². The summed E-state index contributed by atoms with van der Waals surface area (Å²) in [5, 5.41) is 3.33. The van der Waals surface area contributed by atoms with E-state index in [2.05, 4.69) is 41.0 Å². The molecule has 1 fully saturated rings. The zero-order chi connectivity index (χ0) is 12.5. The molecule has 0 aliphatic carbocycles. The average Bonchev–Trinajstić information content (AvgIpc) is 2.21. The molecular formula is C12H21N5. The average molecular weight is 235 g/mol. The van der Waals surface area contributed by atoms with Gasteiger partial charge in [0.15, 0.2) is 0 Å².